The van der Waals surface area contributed by atoms with Crippen molar-refractivity contribution in [2.45, 2.75) is 0 Å². The van der Waals surface area contributed by atoms with E-state index in [1.54, 1.807) is 0 Å². The van der Waals surface area contributed by atoms with Gasteiger partial charge < -0.3 is 13.9 Å². The molecule has 13 rings (SSSR count). The van der Waals surface area contributed by atoms with Gasteiger partial charge in [-0.05, 0) is 100 Å². The highest BCUT2D eigenvalue weighted by molar-refractivity contribution is 7.26. The molecule has 0 saturated heterocycles. The lowest BCUT2D eigenvalue weighted by atomic mass is 9.98. The molecule has 10 aromatic carbocycles. The Labute approximate surface area is 361 Å². The molecule has 3 nitrogen and oxygen atoms in total. The second kappa shape index (κ2) is 13.8. The van der Waals surface area contributed by atoms with E-state index in [0.29, 0.717) is 0 Å². The number of hydrogen-bond donors (Lipinski definition) is 0. The molecule has 3 heterocycles. The molecule has 0 amide bonds. The van der Waals surface area contributed by atoms with Crippen LogP contribution >= 0.6 is 11.3 Å². The highest BCUT2D eigenvalue weighted by atomic mass is 32.1. The maximum absolute atomic E-state index is 6.76. The van der Waals surface area contributed by atoms with E-state index in [9.17, 15) is 0 Å². The summed E-state index contributed by atoms with van der Waals surface area (Å²) in [5, 5.41) is 9.55. The summed E-state index contributed by atoms with van der Waals surface area (Å²) in [6.45, 7) is 0. The molecule has 13 aromatic rings. The Morgan fingerprint density at radius 3 is 2.03 bits per heavy atom. The molecular weight excluding hydrogens is 773 g/mol. The number of nitrogens with zero attached hydrogens (tertiary/aromatic N) is 2. The lowest BCUT2D eigenvalue weighted by Crippen LogP contribution is -2.10. The predicted molar refractivity (Wildman–Crippen MR) is 264 cm³/mol. The minimum Gasteiger partial charge on any atom is -0.455 e. The SMILES string of the molecule is c1ccc(-n2c3ccccc3c3c(-c4cccc(N(c5ccc(-c6cccc7c6sc6ccccc67)cc5)c5cccc6oc7c8ccccc8ccc7c56)c4)cccc32)cc1. The first-order chi connectivity index (χ1) is 30.8. The van der Waals surface area contributed by atoms with Crippen LogP contribution in [0.25, 0.3) is 103 Å². The minimum atomic E-state index is 0.863. The molecule has 0 radical (unpaired) electrons. The zero-order valence-electron chi connectivity index (χ0n) is 33.5. The second-order valence-corrected chi connectivity index (χ2v) is 17.1. The van der Waals surface area contributed by atoms with Gasteiger partial charge in [-0.25, -0.2) is 0 Å². The third-order valence-corrected chi connectivity index (χ3v) is 13.8. The zero-order valence-corrected chi connectivity index (χ0v) is 34.3. The van der Waals surface area contributed by atoms with Gasteiger partial charge in [-0.15, -0.1) is 11.3 Å². The zero-order chi connectivity index (χ0) is 40.7. The minimum absolute atomic E-state index is 0.863. The quantitative estimate of drug-likeness (QED) is 0.167. The van der Waals surface area contributed by atoms with E-state index >= 15 is 0 Å². The average Bonchev–Trinajstić information content (AvgIpc) is 4.03. The molecule has 0 atom stereocenters. The van der Waals surface area contributed by atoms with Gasteiger partial charge in [-0.2, -0.15) is 0 Å². The van der Waals surface area contributed by atoms with Crippen LogP contribution in [0.3, 0.4) is 0 Å². The average molecular weight is 809 g/mol. The molecule has 3 aromatic heterocycles. The molecule has 0 N–H and O–H groups in total. The molecule has 0 unspecified atom stereocenters. The van der Waals surface area contributed by atoms with Crippen LogP contribution in [0.5, 0.6) is 0 Å². The first-order valence-corrected chi connectivity index (χ1v) is 21.9. The molecule has 0 aliphatic carbocycles. The van der Waals surface area contributed by atoms with Crippen molar-refractivity contribution in [2.24, 2.45) is 0 Å². The van der Waals surface area contributed by atoms with Crippen molar-refractivity contribution in [3.05, 3.63) is 218 Å². The van der Waals surface area contributed by atoms with E-state index < -0.39 is 0 Å². The summed E-state index contributed by atoms with van der Waals surface area (Å²) in [5.74, 6) is 0. The summed E-state index contributed by atoms with van der Waals surface area (Å²) in [5.41, 5.74) is 13.3. The predicted octanol–water partition coefficient (Wildman–Crippen LogP) is 17.0. The standard InChI is InChI=1S/C58H36N2OS/c1-2-16-40(17-3-1)60-50-25-8-6-21-48(50)55-43(22-12-26-51(55)60)39-15-10-18-42(36-39)59(52-27-13-28-53-56(52)49-35-32-37-14-4-5-19-44(37)57(49)61-53)41-33-30-38(31-34-41)45-23-11-24-47-46-20-7-9-29-54(46)62-58(45)47/h1-36H. The van der Waals surface area contributed by atoms with Gasteiger partial charge in [-0.3, -0.25) is 0 Å². The van der Waals surface area contributed by atoms with Crippen molar-refractivity contribution in [3.8, 4) is 27.9 Å². The van der Waals surface area contributed by atoms with Crippen molar-refractivity contribution in [2.75, 3.05) is 4.90 Å². The van der Waals surface area contributed by atoms with Gasteiger partial charge in [0.1, 0.15) is 11.2 Å². The Kier molecular flexibility index (Phi) is 7.78. The normalized spacial score (nSPS) is 11.9. The number of benzene rings is 10. The smallest absolute Gasteiger partial charge is 0.143 e. The van der Waals surface area contributed by atoms with E-state index in [-0.39, 0.29) is 0 Å². The van der Waals surface area contributed by atoms with Crippen LogP contribution in [-0.4, -0.2) is 4.57 Å². The van der Waals surface area contributed by atoms with Gasteiger partial charge in [0.25, 0.3) is 0 Å². The molecule has 0 spiro atoms. The summed E-state index contributed by atoms with van der Waals surface area (Å²) < 4.78 is 11.8. The van der Waals surface area contributed by atoms with Crippen LogP contribution in [0, 0.1) is 0 Å². The molecule has 290 valence electrons. The number of fused-ring (bicyclic) bond motifs is 11. The van der Waals surface area contributed by atoms with E-state index in [1.807, 2.05) is 11.3 Å². The molecule has 62 heavy (non-hydrogen) atoms. The number of anilines is 3. The van der Waals surface area contributed by atoms with Crippen LogP contribution in [0.15, 0.2) is 223 Å². The Hall–Kier alpha value is -7.92. The summed E-state index contributed by atoms with van der Waals surface area (Å²) in [4.78, 5) is 2.41. The molecular formula is C58H36N2OS. The van der Waals surface area contributed by atoms with Crippen LogP contribution in [0.2, 0.25) is 0 Å². The first-order valence-electron chi connectivity index (χ1n) is 21.1. The Morgan fingerprint density at radius 1 is 0.419 bits per heavy atom. The number of furan rings is 1. The highest BCUT2D eigenvalue weighted by Crippen LogP contribution is 2.47. The number of hydrogen-bond acceptors (Lipinski definition) is 3. The fourth-order valence-electron chi connectivity index (χ4n) is 9.84. The van der Waals surface area contributed by atoms with Gasteiger partial charge in [-0.1, -0.05) is 146 Å². The summed E-state index contributed by atoms with van der Waals surface area (Å²) in [6, 6.07) is 79.1. The molecule has 0 aliphatic heterocycles. The van der Waals surface area contributed by atoms with E-state index in [2.05, 4.69) is 228 Å². The van der Waals surface area contributed by atoms with Crippen molar-refractivity contribution >= 4 is 103 Å². The monoisotopic (exact) mass is 808 g/mol. The van der Waals surface area contributed by atoms with E-state index in [1.165, 1.54) is 58.7 Å². The topological polar surface area (TPSA) is 21.3 Å². The van der Waals surface area contributed by atoms with E-state index in [0.717, 1.165) is 61.0 Å². The van der Waals surface area contributed by atoms with Crippen molar-refractivity contribution in [3.63, 3.8) is 0 Å². The maximum Gasteiger partial charge on any atom is 0.143 e. The Morgan fingerprint density at radius 2 is 1.13 bits per heavy atom. The summed E-state index contributed by atoms with van der Waals surface area (Å²) in [6.07, 6.45) is 0. The van der Waals surface area contributed by atoms with Crippen LogP contribution in [0.1, 0.15) is 0 Å². The largest absolute Gasteiger partial charge is 0.455 e. The molecule has 4 heteroatoms. The van der Waals surface area contributed by atoms with E-state index in [4.69, 9.17) is 4.42 Å². The van der Waals surface area contributed by atoms with Crippen LogP contribution in [-0.2, 0) is 0 Å². The molecule has 0 saturated carbocycles. The summed E-state index contributed by atoms with van der Waals surface area (Å²) >= 11 is 1.87. The van der Waals surface area contributed by atoms with Gasteiger partial charge in [0.15, 0.2) is 0 Å². The lowest BCUT2D eigenvalue weighted by molar-refractivity contribution is 0.672. The van der Waals surface area contributed by atoms with Crippen LogP contribution < -0.4 is 4.90 Å². The van der Waals surface area contributed by atoms with Gasteiger partial charge in [0, 0.05) is 58.8 Å². The van der Waals surface area contributed by atoms with Crippen molar-refractivity contribution in [1.29, 1.82) is 0 Å². The van der Waals surface area contributed by atoms with Crippen molar-refractivity contribution < 1.29 is 4.42 Å². The molecule has 0 aliphatic rings. The number of para-hydroxylation sites is 2. The summed E-state index contributed by atoms with van der Waals surface area (Å²) in [7, 11) is 0. The third kappa shape index (κ3) is 5.30. The fraction of sp³-hybridized carbons (Fsp3) is 0. The number of thiophene rings is 1. The van der Waals surface area contributed by atoms with Gasteiger partial charge in [0.05, 0.1) is 22.1 Å². The molecule has 0 bridgehead atoms. The molecule has 0 fully saturated rings. The van der Waals surface area contributed by atoms with Gasteiger partial charge in [0.2, 0.25) is 0 Å². The number of aromatic nitrogens is 1. The third-order valence-electron chi connectivity index (χ3n) is 12.6. The highest BCUT2D eigenvalue weighted by Gasteiger charge is 2.22. The second-order valence-electron chi connectivity index (χ2n) is 16.0. The Bertz CT molecular complexity index is 3870. The lowest BCUT2D eigenvalue weighted by Gasteiger charge is -2.27. The van der Waals surface area contributed by atoms with Gasteiger partial charge >= 0.3 is 0 Å². The Balaban J connectivity index is 1.02. The first kappa shape index (κ1) is 34.9. The van der Waals surface area contributed by atoms with Crippen LogP contribution in [0.4, 0.5) is 17.1 Å². The van der Waals surface area contributed by atoms with Crippen molar-refractivity contribution in [1.82, 2.24) is 4.57 Å². The maximum atomic E-state index is 6.76. The fourth-order valence-corrected chi connectivity index (χ4v) is 11.1. The number of rotatable bonds is 6.